The number of rotatable bonds is 5. The number of piperidine rings is 1. The molecule has 2 fully saturated rings. The Morgan fingerprint density at radius 3 is 2.47 bits per heavy atom. The van der Waals surface area contributed by atoms with Gasteiger partial charge in [0, 0.05) is 32.1 Å². The van der Waals surface area contributed by atoms with E-state index in [1.807, 2.05) is 34.1 Å². The Morgan fingerprint density at radius 2 is 1.75 bits per heavy atom. The number of fused-ring (bicyclic) bond motifs is 1. The van der Waals surface area contributed by atoms with Crippen LogP contribution in [0.4, 0.5) is 10.5 Å². The summed E-state index contributed by atoms with van der Waals surface area (Å²) in [4.78, 5) is 32.2. The number of urea groups is 1. The second-order valence-electron chi connectivity index (χ2n) is 9.32. The molecule has 1 aromatic rings. The Morgan fingerprint density at radius 1 is 1.03 bits per heavy atom. The van der Waals surface area contributed by atoms with Crippen LogP contribution in [-0.4, -0.2) is 73.7 Å². The Hall–Kier alpha value is -2.28. The molecule has 1 aromatic carbocycles. The van der Waals surface area contributed by atoms with Gasteiger partial charge in [0.1, 0.15) is 11.9 Å². The zero-order valence-corrected chi connectivity index (χ0v) is 19.4. The number of nitrogens with one attached hydrogen (secondary N) is 1. The van der Waals surface area contributed by atoms with Crippen molar-refractivity contribution in [2.24, 2.45) is 5.92 Å². The lowest BCUT2D eigenvalue weighted by Gasteiger charge is -2.39. The van der Waals surface area contributed by atoms with Gasteiger partial charge in [-0.3, -0.25) is 9.69 Å². The molecule has 3 amide bonds. The first-order chi connectivity index (χ1) is 15.7. The highest BCUT2D eigenvalue weighted by atomic mass is 16.5. The van der Waals surface area contributed by atoms with E-state index in [4.69, 9.17) is 4.74 Å². The number of para-hydroxylation sites is 2. The van der Waals surface area contributed by atoms with E-state index in [0.717, 1.165) is 56.9 Å². The molecule has 3 aliphatic heterocycles. The summed E-state index contributed by atoms with van der Waals surface area (Å²) < 4.78 is 6.02. The van der Waals surface area contributed by atoms with Gasteiger partial charge in [-0.1, -0.05) is 31.9 Å². The molecule has 0 radical (unpaired) electrons. The minimum absolute atomic E-state index is 0.00329. The van der Waals surface area contributed by atoms with Gasteiger partial charge in [0.2, 0.25) is 5.91 Å². The molecule has 0 aromatic heterocycles. The van der Waals surface area contributed by atoms with E-state index in [9.17, 15) is 9.59 Å². The molecule has 3 heterocycles. The number of benzene rings is 1. The molecule has 32 heavy (non-hydrogen) atoms. The number of carbonyl (C=O) groups is 2. The molecule has 176 valence electrons. The van der Waals surface area contributed by atoms with Crippen molar-refractivity contribution in [3.63, 3.8) is 0 Å². The number of carbonyl (C=O) groups excluding carboxylic acids is 2. The third kappa shape index (κ3) is 5.55. The van der Waals surface area contributed by atoms with Crippen LogP contribution in [0, 0.1) is 5.92 Å². The molecule has 0 unspecified atom stereocenters. The van der Waals surface area contributed by atoms with Crippen molar-refractivity contribution in [3.8, 4) is 5.75 Å². The smallest absolute Gasteiger partial charge is 0.324 e. The first-order valence-electron chi connectivity index (χ1n) is 12.5. The van der Waals surface area contributed by atoms with Gasteiger partial charge >= 0.3 is 6.03 Å². The van der Waals surface area contributed by atoms with E-state index in [1.54, 1.807) is 0 Å². The summed E-state index contributed by atoms with van der Waals surface area (Å²) in [6.45, 7) is 7.87. The topological polar surface area (TPSA) is 65.1 Å². The van der Waals surface area contributed by atoms with Gasteiger partial charge in [-0.15, -0.1) is 0 Å². The number of hydrogen-bond acceptors (Lipinski definition) is 4. The number of anilines is 1. The fraction of sp³-hybridized carbons (Fsp3) is 0.680. The van der Waals surface area contributed by atoms with Crippen molar-refractivity contribution < 1.29 is 14.3 Å². The molecule has 3 aliphatic rings. The van der Waals surface area contributed by atoms with Crippen molar-refractivity contribution in [2.45, 2.75) is 58.0 Å². The molecular weight excluding hydrogens is 404 g/mol. The van der Waals surface area contributed by atoms with Gasteiger partial charge in [0.25, 0.3) is 0 Å². The Kier molecular flexibility index (Phi) is 7.90. The predicted octanol–water partition coefficient (Wildman–Crippen LogP) is 3.49. The van der Waals surface area contributed by atoms with E-state index in [1.165, 1.54) is 25.7 Å². The van der Waals surface area contributed by atoms with Crippen LogP contribution in [0.25, 0.3) is 0 Å². The number of nitrogens with zero attached hydrogens (tertiary/aromatic N) is 3. The summed E-state index contributed by atoms with van der Waals surface area (Å²) in [6, 6.07) is 7.79. The molecule has 1 N–H and O–H groups in total. The highest BCUT2D eigenvalue weighted by Crippen LogP contribution is 2.35. The summed E-state index contributed by atoms with van der Waals surface area (Å²) in [7, 11) is 0. The van der Waals surface area contributed by atoms with E-state index in [2.05, 4.69) is 17.1 Å². The van der Waals surface area contributed by atoms with E-state index >= 15 is 0 Å². The fourth-order valence-electron chi connectivity index (χ4n) is 5.04. The van der Waals surface area contributed by atoms with Crippen molar-refractivity contribution in [2.75, 3.05) is 50.7 Å². The zero-order chi connectivity index (χ0) is 22.3. The second kappa shape index (κ2) is 11.0. The standard InChI is InChI=1S/C25H38N4O3/c1-2-21-19-29(22-9-5-6-10-23(22)32-21)25(31)28-16-11-20(12-17-28)24(30)26-13-18-27-14-7-3-4-8-15-27/h5-6,9-10,20-21H,2-4,7-8,11-19H2,1H3,(H,26,30)/t21-/m0/s1. The molecule has 0 aliphatic carbocycles. The summed E-state index contributed by atoms with van der Waals surface area (Å²) in [5.41, 5.74) is 0.843. The molecule has 0 spiro atoms. The molecule has 0 bridgehead atoms. The molecule has 4 rings (SSSR count). The highest BCUT2D eigenvalue weighted by Gasteiger charge is 2.34. The molecule has 2 saturated heterocycles. The van der Waals surface area contributed by atoms with Crippen LogP contribution in [0.3, 0.4) is 0 Å². The predicted molar refractivity (Wildman–Crippen MR) is 126 cm³/mol. The lowest BCUT2D eigenvalue weighted by molar-refractivity contribution is -0.126. The number of likely N-dealkylation sites (tertiary alicyclic amines) is 2. The highest BCUT2D eigenvalue weighted by molar-refractivity contribution is 5.94. The number of ether oxygens (including phenoxy) is 1. The van der Waals surface area contributed by atoms with Crippen molar-refractivity contribution in [3.05, 3.63) is 24.3 Å². The Bertz CT molecular complexity index is 770. The van der Waals surface area contributed by atoms with Gasteiger partial charge in [0.05, 0.1) is 12.2 Å². The summed E-state index contributed by atoms with van der Waals surface area (Å²) in [5.74, 6) is 0.927. The van der Waals surface area contributed by atoms with Crippen LogP contribution in [0.1, 0.15) is 51.9 Å². The first kappa shape index (κ1) is 22.9. The maximum atomic E-state index is 13.3. The van der Waals surface area contributed by atoms with Crippen molar-refractivity contribution in [1.82, 2.24) is 15.1 Å². The molecule has 7 nitrogen and oxygen atoms in total. The second-order valence-corrected chi connectivity index (χ2v) is 9.32. The SMILES string of the molecule is CC[C@H]1CN(C(=O)N2CCC(C(=O)NCCN3CCCCCC3)CC2)c2ccccc2O1. The average Bonchev–Trinajstić information content (AvgIpc) is 3.12. The van der Waals surface area contributed by atoms with Gasteiger partial charge in [-0.05, 0) is 57.3 Å². The maximum Gasteiger partial charge on any atom is 0.324 e. The third-order valence-electron chi connectivity index (χ3n) is 7.08. The van der Waals surface area contributed by atoms with Crippen LogP contribution < -0.4 is 15.0 Å². The molecular formula is C25H38N4O3. The normalized spacial score (nSPS) is 22.6. The summed E-state index contributed by atoms with van der Waals surface area (Å²) in [5, 5.41) is 3.14. The zero-order valence-electron chi connectivity index (χ0n) is 19.4. The summed E-state index contributed by atoms with van der Waals surface area (Å²) in [6.07, 6.45) is 7.53. The maximum absolute atomic E-state index is 13.3. The van der Waals surface area contributed by atoms with Gasteiger partial charge < -0.3 is 19.9 Å². The average molecular weight is 443 g/mol. The van der Waals surface area contributed by atoms with E-state index < -0.39 is 0 Å². The molecule has 7 heteroatoms. The van der Waals surface area contributed by atoms with Gasteiger partial charge in [-0.25, -0.2) is 4.79 Å². The van der Waals surface area contributed by atoms with Crippen LogP contribution in [0.5, 0.6) is 5.75 Å². The van der Waals surface area contributed by atoms with Crippen molar-refractivity contribution >= 4 is 17.6 Å². The monoisotopic (exact) mass is 442 g/mol. The van der Waals surface area contributed by atoms with E-state index in [-0.39, 0.29) is 24.0 Å². The van der Waals surface area contributed by atoms with Crippen LogP contribution >= 0.6 is 0 Å². The lowest BCUT2D eigenvalue weighted by Crippen LogP contribution is -2.52. The Labute approximate surface area is 192 Å². The van der Waals surface area contributed by atoms with Crippen LogP contribution in [0.15, 0.2) is 24.3 Å². The quantitative estimate of drug-likeness (QED) is 0.758. The van der Waals surface area contributed by atoms with Crippen LogP contribution in [0.2, 0.25) is 0 Å². The van der Waals surface area contributed by atoms with Crippen molar-refractivity contribution in [1.29, 1.82) is 0 Å². The molecule has 1 atom stereocenters. The third-order valence-corrected chi connectivity index (χ3v) is 7.08. The minimum atomic E-state index is 0.00329. The number of hydrogen-bond donors (Lipinski definition) is 1. The number of amides is 3. The lowest BCUT2D eigenvalue weighted by atomic mass is 9.96. The summed E-state index contributed by atoms with van der Waals surface area (Å²) >= 11 is 0. The first-order valence-corrected chi connectivity index (χ1v) is 12.5. The largest absolute Gasteiger partial charge is 0.486 e. The fourth-order valence-corrected chi connectivity index (χ4v) is 5.04. The van der Waals surface area contributed by atoms with Gasteiger partial charge in [-0.2, -0.15) is 0 Å². The Balaban J connectivity index is 1.25. The molecule has 0 saturated carbocycles. The minimum Gasteiger partial charge on any atom is -0.486 e. The van der Waals surface area contributed by atoms with E-state index in [0.29, 0.717) is 19.6 Å². The van der Waals surface area contributed by atoms with Crippen LogP contribution in [-0.2, 0) is 4.79 Å². The van der Waals surface area contributed by atoms with Gasteiger partial charge in [0.15, 0.2) is 0 Å².